The van der Waals surface area contributed by atoms with Gasteiger partial charge in [0.15, 0.2) is 0 Å². The lowest BCUT2D eigenvalue weighted by atomic mass is 9.95. The molecule has 34 heavy (non-hydrogen) atoms. The van der Waals surface area contributed by atoms with Gasteiger partial charge in [-0.05, 0) is 60.7 Å². The van der Waals surface area contributed by atoms with Crippen molar-refractivity contribution in [2.45, 2.75) is 50.7 Å². The monoisotopic (exact) mass is 464 g/mol. The van der Waals surface area contributed by atoms with Crippen molar-refractivity contribution in [3.63, 3.8) is 0 Å². The van der Waals surface area contributed by atoms with Crippen molar-refractivity contribution in [2.75, 3.05) is 18.4 Å². The van der Waals surface area contributed by atoms with E-state index in [1.165, 1.54) is 6.08 Å². The number of hydrogen-bond acceptors (Lipinski definition) is 7. The fourth-order valence-corrected chi connectivity index (χ4v) is 4.21. The molecule has 2 aromatic rings. The van der Waals surface area contributed by atoms with Crippen LogP contribution in [0.1, 0.15) is 36.1 Å². The van der Waals surface area contributed by atoms with Crippen LogP contribution >= 0.6 is 0 Å². The molecule has 1 saturated heterocycles. The van der Waals surface area contributed by atoms with Crippen molar-refractivity contribution in [1.29, 1.82) is 0 Å². The van der Waals surface area contributed by atoms with Crippen LogP contribution < -0.4 is 10.6 Å². The average Bonchev–Trinajstić information content (AvgIpc) is 2.86. The molecule has 5 N–H and O–H groups in total. The zero-order chi connectivity index (χ0) is 24.3. The normalized spacial score (nSPS) is 22.1. The Morgan fingerprint density at radius 2 is 1.82 bits per heavy atom. The standard InChI is InChI=1S/C27H36N4O3/c1-3-28-18-24(29-4-2)22-9-11-23(12-10-22)30-17-20-5-7-21(8-6-20)19-31-15-13-26(33)27(34)25(31)14-16-32/h3-12,14,16,24-27,29-30,32-34H,2,13,15,17-19H2,1H3/b16-14+,28-3-/t24?,25?,26-,27-/m1/s1. The summed E-state index contributed by atoms with van der Waals surface area (Å²) >= 11 is 0. The molecule has 1 aliphatic heterocycles. The van der Waals surface area contributed by atoms with Crippen molar-refractivity contribution in [1.82, 2.24) is 10.2 Å². The molecule has 1 heterocycles. The van der Waals surface area contributed by atoms with E-state index in [9.17, 15) is 15.3 Å². The van der Waals surface area contributed by atoms with Gasteiger partial charge < -0.3 is 26.0 Å². The van der Waals surface area contributed by atoms with Gasteiger partial charge in [-0.2, -0.15) is 0 Å². The molecule has 0 saturated carbocycles. The Hall–Kier alpha value is -3.13. The molecule has 1 aliphatic rings. The molecule has 0 bridgehead atoms. The number of aliphatic hydroxyl groups is 3. The van der Waals surface area contributed by atoms with E-state index in [0.29, 0.717) is 32.6 Å². The quantitative estimate of drug-likeness (QED) is 0.258. The summed E-state index contributed by atoms with van der Waals surface area (Å²) < 4.78 is 0. The number of rotatable bonds is 11. The van der Waals surface area contributed by atoms with Gasteiger partial charge in [0.25, 0.3) is 0 Å². The summed E-state index contributed by atoms with van der Waals surface area (Å²) in [5.41, 5.74) is 4.48. The van der Waals surface area contributed by atoms with E-state index in [2.05, 4.69) is 75.6 Å². The molecule has 1 fully saturated rings. The van der Waals surface area contributed by atoms with Crippen LogP contribution in [0.4, 0.5) is 5.69 Å². The molecule has 0 spiro atoms. The Balaban J connectivity index is 1.55. The minimum atomic E-state index is -0.908. The number of anilines is 1. The number of piperidine rings is 1. The molecule has 0 aliphatic carbocycles. The van der Waals surface area contributed by atoms with E-state index in [4.69, 9.17) is 0 Å². The van der Waals surface area contributed by atoms with Crippen LogP contribution in [-0.2, 0) is 13.1 Å². The summed E-state index contributed by atoms with van der Waals surface area (Å²) in [5, 5.41) is 36.1. The Kier molecular flexibility index (Phi) is 9.70. The van der Waals surface area contributed by atoms with Gasteiger partial charge in [-0.15, -0.1) is 0 Å². The van der Waals surface area contributed by atoms with Crippen LogP contribution in [0.3, 0.4) is 0 Å². The van der Waals surface area contributed by atoms with Crippen molar-refractivity contribution in [3.05, 3.63) is 90.3 Å². The second-order valence-electron chi connectivity index (χ2n) is 8.49. The lowest BCUT2D eigenvalue weighted by Gasteiger charge is -2.39. The fraction of sp³-hybridized carbons (Fsp3) is 0.370. The first-order valence-corrected chi connectivity index (χ1v) is 11.7. The van der Waals surface area contributed by atoms with Gasteiger partial charge in [-0.3, -0.25) is 9.89 Å². The van der Waals surface area contributed by atoms with Crippen molar-refractivity contribution >= 4 is 11.9 Å². The SMILES string of the molecule is C=CNC(C/N=C\C)c1ccc(NCc2ccc(CN3CC[C@@H](O)[C@H](O)C3/C=C/O)cc2)cc1. The molecule has 0 amide bonds. The molecule has 3 rings (SSSR count). The van der Waals surface area contributed by atoms with E-state index in [-0.39, 0.29) is 6.04 Å². The molecule has 4 atom stereocenters. The van der Waals surface area contributed by atoms with Gasteiger partial charge in [0.05, 0.1) is 37.1 Å². The molecular formula is C27H36N4O3. The Labute approximate surface area is 202 Å². The van der Waals surface area contributed by atoms with E-state index < -0.39 is 18.2 Å². The number of hydrogen-bond donors (Lipinski definition) is 5. The highest BCUT2D eigenvalue weighted by Gasteiger charge is 2.34. The van der Waals surface area contributed by atoms with Crippen LogP contribution in [0, 0.1) is 0 Å². The van der Waals surface area contributed by atoms with Crippen molar-refractivity contribution in [3.8, 4) is 0 Å². The number of nitrogens with one attached hydrogen (secondary N) is 2. The van der Waals surface area contributed by atoms with Crippen LogP contribution in [0.2, 0.25) is 0 Å². The summed E-state index contributed by atoms with van der Waals surface area (Å²) in [5.74, 6) is 0. The van der Waals surface area contributed by atoms with Crippen molar-refractivity contribution in [2.24, 2.45) is 4.99 Å². The van der Waals surface area contributed by atoms with Gasteiger partial charge >= 0.3 is 0 Å². The minimum absolute atomic E-state index is 0.104. The first-order chi connectivity index (χ1) is 16.5. The Morgan fingerprint density at radius 3 is 2.47 bits per heavy atom. The number of aliphatic hydroxyl groups excluding tert-OH is 3. The Bertz CT molecular complexity index is 943. The largest absolute Gasteiger partial charge is 0.516 e. The highest BCUT2D eigenvalue weighted by atomic mass is 16.3. The number of aliphatic imine (C=N–C) groups is 1. The molecule has 182 valence electrons. The zero-order valence-corrected chi connectivity index (χ0v) is 19.7. The summed E-state index contributed by atoms with van der Waals surface area (Å²) in [6.07, 6.45) is 4.81. The second kappa shape index (κ2) is 12.9. The molecule has 0 radical (unpaired) electrons. The van der Waals surface area contributed by atoms with E-state index >= 15 is 0 Å². The van der Waals surface area contributed by atoms with E-state index in [1.54, 1.807) is 6.20 Å². The van der Waals surface area contributed by atoms with Gasteiger partial charge in [0, 0.05) is 25.3 Å². The molecular weight excluding hydrogens is 428 g/mol. The second-order valence-corrected chi connectivity index (χ2v) is 8.49. The van der Waals surface area contributed by atoms with Crippen LogP contribution in [-0.4, -0.2) is 57.8 Å². The molecule has 7 nitrogen and oxygen atoms in total. The van der Waals surface area contributed by atoms with Crippen LogP contribution in [0.15, 0.2) is 78.6 Å². The van der Waals surface area contributed by atoms with E-state index in [1.807, 2.05) is 13.1 Å². The van der Waals surface area contributed by atoms with Gasteiger partial charge in [0.2, 0.25) is 0 Å². The zero-order valence-electron chi connectivity index (χ0n) is 19.7. The maximum Gasteiger partial charge on any atom is 0.0991 e. The summed E-state index contributed by atoms with van der Waals surface area (Å²) in [4.78, 5) is 6.41. The lowest BCUT2D eigenvalue weighted by molar-refractivity contribution is -0.0644. The molecule has 7 heteroatoms. The first-order valence-electron chi connectivity index (χ1n) is 11.7. The van der Waals surface area contributed by atoms with Gasteiger partial charge in [-0.25, -0.2) is 0 Å². The fourth-order valence-electron chi connectivity index (χ4n) is 4.21. The third kappa shape index (κ3) is 6.93. The molecule has 2 unspecified atom stereocenters. The third-order valence-corrected chi connectivity index (χ3v) is 6.17. The Morgan fingerprint density at radius 1 is 1.12 bits per heavy atom. The van der Waals surface area contributed by atoms with E-state index in [0.717, 1.165) is 28.6 Å². The van der Waals surface area contributed by atoms with Gasteiger partial charge in [0.1, 0.15) is 0 Å². The predicted molar refractivity (Wildman–Crippen MR) is 138 cm³/mol. The molecule has 2 aromatic carbocycles. The topological polar surface area (TPSA) is 100 Å². The third-order valence-electron chi connectivity index (χ3n) is 6.17. The first kappa shape index (κ1) is 25.5. The highest BCUT2D eigenvalue weighted by Crippen LogP contribution is 2.22. The highest BCUT2D eigenvalue weighted by molar-refractivity contribution is 5.53. The number of nitrogens with zero attached hydrogens (tertiary/aromatic N) is 2. The lowest BCUT2D eigenvalue weighted by Crippen LogP contribution is -2.53. The smallest absolute Gasteiger partial charge is 0.0991 e. The van der Waals surface area contributed by atoms with Gasteiger partial charge in [-0.1, -0.05) is 43.0 Å². The summed E-state index contributed by atoms with van der Waals surface area (Å²) in [6.45, 7) is 8.33. The number of benzene rings is 2. The summed E-state index contributed by atoms with van der Waals surface area (Å²) in [6, 6.07) is 16.4. The maximum absolute atomic E-state index is 10.3. The molecule has 0 aromatic heterocycles. The van der Waals surface area contributed by atoms with Crippen molar-refractivity contribution < 1.29 is 15.3 Å². The maximum atomic E-state index is 10.3. The minimum Gasteiger partial charge on any atom is -0.516 e. The average molecular weight is 465 g/mol. The summed E-state index contributed by atoms with van der Waals surface area (Å²) in [7, 11) is 0. The predicted octanol–water partition coefficient (Wildman–Crippen LogP) is 3.53. The number of likely N-dealkylation sites (tertiary alicyclic amines) is 1. The van der Waals surface area contributed by atoms with Crippen LogP contribution in [0.5, 0.6) is 0 Å². The van der Waals surface area contributed by atoms with Crippen LogP contribution in [0.25, 0.3) is 0 Å².